The van der Waals surface area contributed by atoms with Crippen LogP contribution < -0.4 is 5.48 Å². The van der Waals surface area contributed by atoms with Gasteiger partial charge in [0.25, 0.3) is 5.91 Å². The first kappa shape index (κ1) is 16.8. The van der Waals surface area contributed by atoms with Crippen LogP contribution in [0.2, 0.25) is 0 Å². The first-order valence-electron chi connectivity index (χ1n) is 9.37. The van der Waals surface area contributed by atoms with E-state index in [0.717, 1.165) is 64.6 Å². The van der Waals surface area contributed by atoms with E-state index in [1.165, 1.54) is 11.1 Å². The molecule has 0 atom stereocenters. The lowest BCUT2D eigenvalue weighted by Crippen LogP contribution is -2.18. The molecule has 5 rings (SSSR count). The summed E-state index contributed by atoms with van der Waals surface area (Å²) in [6.07, 6.45) is 6.01. The first-order valence-corrected chi connectivity index (χ1v) is 9.37. The first-order chi connectivity index (χ1) is 13.7. The van der Waals surface area contributed by atoms with Crippen LogP contribution in [0.15, 0.2) is 30.5 Å². The largest absolute Gasteiger partial charge is 0.288 e. The minimum atomic E-state index is -0.528. The lowest BCUT2D eigenvalue weighted by molar-refractivity contribution is 0.0706. The van der Waals surface area contributed by atoms with Crippen molar-refractivity contribution >= 4 is 27.8 Å². The number of hydrogen-bond donors (Lipinski definition) is 3. The number of hydrogen-bond acceptors (Lipinski definition) is 5. The maximum Gasteiger partial charge on any atom is 0.274 e. The summed E-state index contributed by atoms with van der Waals surface area (Å²) in [4.78, 5) is 21.1. The number of amides is 1. The zero-order chi connectivity index (χ0) is 19.3. The van der Waals surface area contributed by atoms with E-state index >= 15 is 0 Å². The van der Waals surface area contributed by atoms with Crippen molar-refractivity contribution in [3.8, 4) is 11.3 Å². The third-order valence-electron chi connectivity index (χ3n) is 5.55. The summed E-state index contributed by atoms with van der Waals surface area (Å²) in [5.41, 5.74) is 9.12. The number of fused-ring (bicyclic) bond motifs is 5. The molecule has 0 aliphatic heterocycles. The van der Waals surface area contributed by atoms with Crippen molar-refractivity contribution in [2.24, 2.45) is 0 Å². The molecule has 140 valence electrons. The lowest BCUT2D eigenvalue weighted by Gasteiger charge is -2.21. The third-order valence-corrected chi connectivity index (χ3v) is 5.55. The summed E-state index contributed by atoms with van der Waals surface area (Å²) in [5, 5.41) is 18.5. The zero-order valence-electron chi connectivity index (χ0n) is 15.4. The molecular formula is C21H19N5O2. The second kappa shape index (κ2) is 6.38. The van der Waals surface area contributed by atoms with Crippen molar-refractivity contribution in [2.45, 2.75) is 32.6 Å². The molecule has 4 aromatic rings. The van der Waals surface area contributed by atoms with Crippen LogP contribution in [0, 0.1) is 6.92 Å². The maximum absolute atomic E-state index is 11.6. The van der Waals surface area contributed by atoms with Crippen LogP contribution in [-0.4, -0.2) is 31.3 Å². The molecule has 28 heavy (non-hydrogen) atoms. The van der Waals surface area contributed by atoms with E-state index in [1.54, 1.807) is 23.8 Å². The molecule has 0 fully saturated rings. The fourth-order valence-corrected chi connectivity index (χ4v) is 4.22. The number of H-pyrrole nitrogens is 1. The van der Waals surface area contributed by atoms with Crippen molar-refractivity contribution in [3.63, 3.8) is 0 Å². The Labute approximate surface area is 160 Å². The minimum Gasteiger partial charge on any atom is -0.288 e. The van der Waals surface area contributed by atoms with Gasteiger partial charge in [-0.05, 0) is 55.9 Å². The number of nitrogens with one attached hydrogen (secondary N) is 2. The van der Waals surface area contributed by atoms with Crippen LogP contribution in [0.4, 0.5) is 0 Å². The Bertz CT molecular complexity index is 1230. The van der Waals surface area contributed by atoms with E-state index in [-0.39, 0.29) is 0 Å². The second-order valence-electron chi connectivity index (χ2n) is 7.21. The number of hydroxylamine groups is 1. The van der Waals surface area contributed by atoms with Gasteiger partial charge in [0.2, 0.25) is 0 Å². The van der Waals surface area contributed by atoms with E-state index in [2.05, 4.69) is 15.2 Å². The molecule has 3 heterocycles. The molecule has 0 unspecified atom stereocenters. The molecular weight excluding hydrogens is 354 g/mol. The molecule has 1 aliphatic carbocycles. The topological polar surface area (TPSA) is 104 Å². The van der Waals surface area contributed by atoms with Crippen molar-refractivity contribution in [3.05, 3.63) is 52.8 Å². The molecule has 0 saturated heterocycles. The van der Waals surface area contributed by atoms with Gasteiger partial charge in [0, 0.05) is 27.6 Å². The van der Waals surface area contributed by atoms with Crippen molar-refractivity contribution in [1.82, 2.24) is 25.6 Å². The van der Waals surface area contributed by atoms with Crippen molar-refractivity contribution < 1.29 is 10.0 Å². The summed E-state index contributed by atoms with van der Waals surface area (Å²) < 4.78 is 0. The molecule has 0 bridgehead atoms. The highest BCUT2D eigenvalue weighted by atomic mass is 16.5. The molecule has 0 saturated carbocycles. The molecule has 3 N–H and O–H groups in total. The van der Waals surface area contributed by atoms with Gasteiger partial charge in [-0.2, -0.15) is 5.10 Å². The monoisotopic (exact) mass is 373 g/mol. The molecule has 7 nitrogen and oxygen atoms in total. The van der Waals surface area contributed by atoms with E-state index < -0.39 is 5.91 Å². The SMILES string of the molecule is Cc1[nH]nc2cnc3nc(-c4ccc(C(=O)NO)cc4)c4c(c3c12)CCCC4. The Morgan fingerprint density at radius 1 is 1.11 bits per heavy atom. The number of rotatable bonds is 2. The highest BCUT2D eigenvalue weighted by Gasteiger charge is 2.22. The Balaban J connectivity index is 1.77. The highest BCUT2D eigenvalue weighted by molar-refractivity contribution is 6.07. The molecule has 3 aromatic heterocycles. The number of pyridine rings is 2. The molecule has 0 spiro atoms. The van der Waals surface area contributed by atoms with Crippen LogP contribution >= 0.6 is 0 Å². The summed E-state index contributed by atoms with van der Waals surface area (Å²) in [6, 6.07) is 7.13. The Morgan fingerprint density at radius 2 is 1.86 bits per heavy atom. The molecule has 1 aromatic carbocycles. The molecule has 1 amide bonds. The van der Waals surface area contributed by atoms with Crippen LogP contribution in [0.3, 0.4) is 0 Å². The van der Waals surface area contributed by atoms with Gasteiger partial charge in [-0.15, -0.1) is 0 Å². The maximum atomic E-state index is 11.6. The molecule has 0 radical (unpaired) electrons. The Morgan fingerprint density at radius 3 is 2.61 bits per heavy atom. The van der Waals surface area contributed by atoms with Gasteiger partial charge >= 0.3 is 0 Å². The van der Waals surface area contributed by atoms with E-state index in [4.69, 9.17) is 10.2 Å². The number of aromatic amines is 1. The van der Waals surface area contributed by atoms with Crippen LogP contribution in [0.1, 0.15) is 40.0 Å². The van der Waals surface area contributed by atoms with Gasteiger partial charge < -0.3 is 0 Å². The standard InChI is InChI=1S/C21H19N5O2/c1-11-17-16(25-24-11)10-22-20-18(17)14-4-2-3-5-15(14)19(23-20)12-6-8-13(9-7-12)21(27)26-28/h6-10,28H,2-5H2,1H3,(H,24,25)(H,26,27). The number of nitrogens with zero attached hydrogens (tertiary/aromatic N) is 3. The van der Waals surface area contributed by atoms with Gasteiger partial charge in [-0.25, -0.2) is 15.4 Å². The summed E-state index contributed by atoms with van der Waals surface area (Å²) in [6.45, 7) is 2.03. The number of carbonyl (C=O) groups is 1. The van der Waals surface area contributed by atoms with Crippen LogP contribution in [0.5, 0.6) is 0 Å². The zero-order valence-corrected chi connectivity index (χ0v) is 15.4. The van der Waals surface area contributed by atoms with Crippen LogP contribution in [0.25, 0.3) is 33.2 Å². The average Bonchev–Trinajstić information content (AvgIpc) is 3.13. The Hall–Kier alpha value is -3.32. The minimum absolute atomic E-state index is 0.398. The summed E-state index contributed by atoms with van der Waals surface area (Å²) in [7, 11) is 0. The smallest absolute Gasteiger partial charge is 0.274 e. The van der Waals surface area contributed by atoms with Gasteiger partial charge in [0.15, 0.2) is 5.65 Å². The second-order valence-corrected chi connectivity index (χ2v) is 7.21. The predicted molar refractivity (Wildman–Crippen MR) is 105 cm³/mol. The van der Waals surface area contributed by atoms with Gasteiger partial charge in [0.05, 0.1) is 11.9 Å². The highest BCUT2D eigenvalue weighted by Crippen LogP contribution is 2.37. The Kier molecular flexibility index (Phi) is 3.84. The summed E-state index contributed by atoms with van der Waals surface area (Å²) >= 11 is 0. The van der Waals surface area contributed by atoms with Crippen molar-refractivity contribution in [2.75, 3.05) is 0 Å². The normalized spacial score (nSPS) is 13.6. The fraction of sp³-hybridized carbons (Fsp3) is 0.238. The summed E-state index contributed by atoms with van der Waals surface area (Å²) in [5.74, 6) is -0.528. The lowest BCUT2D eigenvalue weighted by atomic mass is 9.86. The predicted octanol–water partition coefficient (Wildman–Crippen LogP) is 3.48. The van der Waals surface area contributed by atoms with Gasteiger partial charge in [0.1, 0.15) is 5.52 Å². The van der Waals surface area contributed by atoms with Gasteiger partial charge in [-0.3, -0.25) is 15.1 Å². The average molecular weight is 373 g/mol. The molecule has 7 heteroatoms. The van der Waals surface area contributed by atoms with E-state index in [9.17, 15) is 4.79 Å². The van der Waals surface area contributed by atoms with E-state index in [1.807, 2.05) is 19.1 Å². The van der Waals surface area contributed by atoms with Crippen LogP contribution in [-0.2, 0) is 12.8 Å². The number of carbonyl (C=O) groups excluding carboxylic acids is 1. The van der Waals surface area contributed by atoms with E-state index in [0.29, 0.717) is 5.56 Å². The van der Waals surface area contributed by atoms with Gasteiger partial charge in [-0.1, -0.05) is 12.1 Å². The number of aryl methyl sites for hydroxylation is 2. The van der Waals surface area contributed by atoms with Crippen molar-refractivity contribution in [1.29, 1.82) is 0 Å². The number of benzene rings is 1. The quantitative estimate of drug-likeness (QED) is 0.369. The number of aromatic nitrogens is 4. The fourth-order valence-electron chi connectivity index (χ4n) is 4.22. The third kappa shape index (κ3) is 2.47. The molecule has 1 aliphatic rings.